The Balaban J connectivity index is 2.80. The lowest BCUT2D eigenvalue weighted by atomic mass is 9.98. The van der Waals surface area contributed by atoms with Gasteiger partial charge >= 0.3 is 0 Å². The van der Waals surface area contributed by atoms with Gasteiger partial charge in [-0.05, 0) is 29.7 Å². The van der Waals surface area contributed by atoms with Crippen LogP contribution in [0.2, 0.25) is 0 Å². The van der Waals surface area contributed by atoms with Gasteiger partial charge in [0, 0.05) is 11.0 Å². The van der Waals surface area contributed by atoms with Crippen LogP contribution < -0.4 is 0 Å². The van der Waals surface area contributed by atoms with Crippen molar-refractivity contribution in [3.05, 3.63) is 0 Å². The second-order valence-corrected chi connectivity index (χ2v) is 7.68. The Hall–Kier alpha value is 0.370. The molecular weight excluding hydrogens is 222 g/mol. The fourth-order valence-electron chi connectivity index (χ4n) is 1.62. The van der Waals surface area contributed by atoms with Gasteiger partial charge < -0.3 is 0 Å². The number of rotatable bonds is 3. The Kier molecular flexibility index (Phi) is 5.04. The van der Waals surface area contributed by atoms with Crippen LogP contribution in [-0.4, -0.2) is 15.5 Å². The minimum absolute atomic E-state index is 0.588. The smallest absolute Gasteiger partial charge is 0.0750 e. The molecule has 0 N–H and O–H groups in total. The van der Waals surface area contributed by atoms with Crippen molar-refractivity contribution in [3.8, 4) is 0 Å². The van der Waals surface area contributed by atoms with Crippen LogP contribution >= 0.6 is 23.7 Å². The third-order valence-corrected chi connectivity index (χ3v) is 6.13. The van der Waals surface area contributed by atoms with Crippen molar-refractivity contribution in [2.75, 3.05) is 0 Å². The van der Waals surface area contributed by atoms with Crippen molar-refractivity contribution in [3.63, 3.8) is 0 Å². The average Bonchev–Trinajstić information content (AvgIpc) is 2.16. The van der Waals surface area contributed by atoms with Crippen LogP contribution in [0.4, 0.5) is 0 Å². The van der Waals surface area contributed by atoms with E-state index in [-0.39, 0.29) is 0 Å². The molecule has 15 heavy (non-hydrogen) atoms. The van der Waals surface area contributed by atoms with Gasteiger partial charge in [0.15, 0.2) is 0 Å². The minimum Gasteiger partial charge on any atom is -0.223 e. The molecule has 3 heteroatoms. The lowest BCUT2D eigenvalue weighted by molar-refractivity contribution is 0.660. The summed E-state index contributed by atoms with van der Waals surface area (Å²) in [4.78, 5) is 0. The third kappa shape index (κ3) is 3.42. The highest BCUT2D eigenvalue weighted by atomic mass is 32.2. The first kappa shape index (κ1) is 13.4. The van der Waals surface area contributed by atoms with E-state index in [0.717, 1.165) is 0 Å². The first-order valence-corrected chi connectivity index (χ1v) is 7.60. The summed E-state index contributed by atoms with van der Waals surface area (Å²) in [5.74, 6) is 1.99. The number of nitrogens with zero attached hydrogens (tertiary/aromatic N) is 1. The van der Waals surface area contributed by atoms with Gasteiger partial charge in [-0.25, -0.2) is 4.40 Å². The summed E-state index contributed by atoms with van der Waals surface area (Å²) in [6.45, 7) is 13.7. The molecule has 1 heterocycles. The number of hydrogen-bond acceptors (Lipinski definition) is 3. The molecule has 1 aliphatic rings. The van der Waals surface area contributed by atoms with Gasteiger partial charge in [0.05, 0.1) is 4.58 Å². The van der Waals surface area contributed by atoms with Crippen LogP contribution in [0.3, 0.4) is 0 Å². The minimum atomic E-state index is 0.588. The Morgan fingerprint density at radius 3 is 2.00 bits per heavy atom. The topological polar surface area (TPSA) is 12.4 Å². The molecule has 0 amide bonds. The van der Waals surface area contributed by atoms with Crippen LogP contribution in [0, 0.1) is 17.8 Å². The quantitative estimate of drug-likeness (QED) is 0.679. The maximum Gasteiger partial charge on any atom is 0.0750 e. The van der Waals surface area contributed by atoms with Gasteiger partial charge in [-0.15, -0.1) is 11.8 Å². The molecule has 0 fully saturated rings. The Morgan fingerprint density at radius 2 is 1.60 bits per heavy atom. The number of thioether (sulfide) groups is 1. The van der Waals surface area contributed by atoms with Crippen molar-refractivity contribution in [1.29, 1.82) is 0 Å². The zero-order chi connectivity index (χ0) is 11.6. The highest BCUT2D eigenvalue weighted by molar-refractivity contribution is 8.17. The molecule has 0 aromatic heterocycles. The van der Waals surface area contributed by atoms with Gasteiger partial charge in [-0.2, -0.15) is 0 Å². The predicted octanol–water partition coefficient (Wildman–Crippen LogP) is 4.49. The van der Waals surface area contributed by atoms with E-state index in [1.165, 1.54) is 5.71 Å². The molecular formula is C12H23NS2. The molecule has 2 unspecified atom stereocenters. The van der Waals surface area contributed by atoms with E-state index < -0.39 is 0 Å². The molecule has 1 nitrogen and oxygen atoms in total. The lowest BCUT2D eigenvalue weighted by Gasteiger charge is -2.33. The van der Waals surface area contributed by atoms with Gasteiger partial charge in [-0.1, -0.05) is 41.5 Å². The van der Waals surface area contributed by atoms with Crippen molar-refractivity contribution in [2.45, 2.75) is 51.4 Å². The van der Waals surface area contributed by atoms with E-state index in [2.05, 4.69) is 53.3 Å². The average molecular weight is 245 g/mol. The summed E-state index contributed by atoms with van der Waals surface area (Å²) < 4.78 is 5.39. The van der Waals surface area contributed by atoms with Crippen LogP contribution in [0.15, 0.2) is 4.40 Å². The summed E-state index contributed by atoms with van der Waals surface area (Å²) in [7, 11) is 0. The first-order valence-electron chi connectivity index (χ1n) is 5.82. The summed E-state index contributed by atoms with van der Waals surface area (Å²) in [6, 6.07) is 0. The van der Waals surface area contributed by atoms with Gasteiger partial charge in [-0.3, -0.25) is 0 Å². The Morgan fingerprint density at radius 1 is 1.00 bits per heavy atom. The molecule has 88 valence electrons. The first-order chi connectivity index (χ1) is 6.93. The molecule has 1 rings (SSSR count). The second-order valence-electron chi connectivity index (χ2n) is 5.19. The lowest BCUT2D eigenvalue weighted by Crippen LogP contribution is -2.32. The van der Waals surface area contributed by atoms with Crippen molar-refractivity contribution >= 4 is 29.4 Å². The summed E-state index contributed by atoms with van der Waals surface area (Å²) >= 11 is 3.90. The Labute approximate surface area is 103 Å². The van der Waals surface area contributed by atoms with Gasteiger partial charge in [0.2, 0.25) is 0 Å². The highest BCUT2D eigenvalue weighted by Crippen LogP contribution is 2.42. The zero-order valence-electron chi connectivity index (χ0n) is 10.7. The van der Waals surface area contributed by atoms with Gasteiger partial charge in [0.25, 0.3) is 0 Å². The largest absolute Gasteiger partial charge is 0.223 e. The molecule has 0 bridgehead atoms. The van der Waals surface area contributed by atoms with E-state index in [1.807, 2.05) is 0 Å². The molecule has 0 spiro atoms. The molecule has 0 saturated carbocycles. The van der Waals surface area contributed by atoms with E-state index in [9.17, 15) is 0 Å². The summed E-state index contributed by atoms with van der Waals surface area (Å²) in [5, 5.41) is 0.624. The van der Waals surface area contributed by atoms with E-state index >= 15 is 0 Å². The predicted molar refractivity (Wildman–Crippen MR) is 74.7 cm³/mol. The Bertz CT molecular complexity index is 234. The van der Waals surface area contributed by atoms with Crippen molar-refractivity contribution in [2.24, 2.45) is 22.2 Å². The second kappa shape index (κ2) is 5.62. The SMILES string of the molecule is CC(C)C1=NSC(C(C)C)SC1C(C)C. The van der Waals surface area contributed by atoms with Gasteiger partial charge in [0.1, 0.15) is 0 Å². The molecule has 1 aliphatic heterocycles. The molecule has 0 aromatic carbocycles. The van der Waals surface area contributed by atoms with Crippen LogP contribution in [0.25, 0.3) is 0 Å². The van der Waals surface area contributed by atoms with E-state index in [1.54, 1.807) is 11.9 Å². The van der Waals surface area contributed by atoms with Crippen molar-refractivity contribution < 1.29 is 0 Å². The number of hydrogen-bond donors (Lipinski definition) is 0. The fourth-order valence-corrected chi connectivity index (χ4v) is 4.54. The molecule has 0 aromatic rings. The van der Waals surface area contributed by atoms with Crippen LogP contribution in [0.1, 0.15) is 41.5 Å². The van der Waals surface area contributed by atoms with Crippen LogP contribution in [-0.2, 0) is 0 Å². The molecule has 2 atom stereocenters. The van der Waals surface area contributed by atoms with E-state index in [0.29, 0.717) is 27.6 Å². The monoisotopic (exact) mass is 245 g/mol. The molecule has 0 radical (unpaired) electrons. The maximum absolute atomic E-state index is 4.75. The fraction of sp³-hybridized carbons (Fsp3) is 0.917. The highest BCUT2D eigenvalue weighted by Gasteiger charge is 2.32. The van der Waals surface area contributed by atoms with Crippen LogP contribution in [0.5, 0.6) is 0 Å². The normalized spacial score (nSPS) is 27.7. The maximum atomic E-state index is 4.75. The summed E-state index contributed by atoms with van der Waals surface area (Å²) in [5.41, 5.74) is 1.40. The molecule has 0 aliphatic carbocycles. The standard InChI is InChI=1S/C12H23NS2/c1-7(2)10-11(8(3)4)14-12(9(5)6)15-13-10/h7-9,11-12H,1-6H3. The van der Waals surface area contributed by atoms with Crippen molar-refractivity contribution in [1.82, 2.24) is 0 Å². The van der Waals surface area contributed by atoms with E-state index in [4.69, 9.17) is 4.40 Å². The zero-order valence-corrected chi connectivity index (χ0v) is 12.3. The third-order valence-electron chi connectivity index (χ3n) is 2.58. The molecule has 0 saturated heterocycles. The summed E-state index contributed by atoms with van der Waals surface area (Å²) in [6.07, 6.45) is 0.